The molecule has 1 heterocycles. The Morgan fingerprint density at radius 2 is 2.11 bits per heavy atom. The molecule has 0 aliphatic carbocycles. The molecule has 2 rings (SSSR count). The fourth-order valence-corrected chi connectivity index (χ4v) is 2.19. The summed E-state index contributed by atoms with van der Waals surface area (Å²) < 4.78 is 0. The lowest BCUT2D eigenvalue weighted by atomic mass is 10.1. The van der Waals surface area contributed by atoms with Crippen molar-refractivity contribution >= 4 is 10.9 Å². The molecule has 3 heteroatoms. The smallest absolute Gasteiger partial charge is 0.0702 e. The topological polar surface area (TPSA) is 28.2 Å². The van der Waals surface area contributed by atoms with Crippen molar-refractivity contribution in [2.24, 2.45) is 0 Å². The van der Waals surface area contributed by atoms with E-state index in [9.17, 15) is 0 Å². The molecule has 1 aromatic carbocycles. The molecule has 0 amide bonds. The van der Waals surface area contributed by atoms with Crippen LogP contribution in [0.1, 0.15) is 18.9 Å². The van der Waals surface area contributed by atoms with E-state index in [0.29, 0.717) is 0 Å². The van der Waals surface area contributed by atoms with Gasteiger partial charge in [0.1, 0.15) is 0 Å². The number of fused-ring (bicyclic) bond motifs is 1. The molecule has 0 aliphatic heterocycles. The molecule has 2 aromatic rings. The summed E-state index contributed by atoms with van der Waals surface area (Å²) in [5.41, 5.74) is 2.41. The standard InChI is InChI=1S/C16H23N3/c1-3-8-17-10-11-19(2)13-14-6-7-16-15(12-14)5-4-9-18-16/h4-7,9,12,17H,3,8,10-11,13H2,1-2H3. The molecule has 0 saturated heterocycles. The van der Waals surface area contributed by atoms with Crippen molar-refractivity contribution in [1.82, 2.24) is 15.2 Å². The Bertz CT molecular complexity index is 510. The molecule has 102 valence electrons. The minimum atomic E-state index is 0.985. The van der Waals surface area contributed by atoms with Crippen LogP contribution in [0.15, 0.2) is 36.5 Å². The predicted octanol–water partition coefficient (Wildman–Crippen LogP) is 2.67. The Kier molecular flexibility index (Phi) is 5.31. The predicted molar refractivity (Wildman–Crippen MR) is 81.2 cm³/mol. The monoisotopic (exact) mass is 257 g/mol. The van der Waals surface area contributed by atoms with Gasteiger partial charge in [-0.15, -0.1) is 0 Å². The van der Waals surface area contributed by atoms with Gasteiger partial charge in [-0.1, -0.05) is 19.1 Å². The fraction of sp³-hybridized carbons (Fsp3) is 0.438. The molecular weight excluding hydrogens is 234 g/mol. The molecule has 0 aliphatic rings. The van der Waals surface area contributed by atoms with E-state index >= 15 is 0 Å². The van der Waals surface area contributed by atoms with E-state index in [1.807, 2.05) is 12.3 Å². The summed E-state index contributed by atoms with van der Waals surface area (Å²) in [7, 11) is 2.17. The maximum atomic E-state index is 4.35. The van der Waals surface area contributed by atoms with Crippen molar-refractivity contribution < 1.29 is 0 Å². The van der Waals surface area contributed by atoms with Gasteiger partial charge in [-0.3, -0.25) is 4.98 Å². The second-order valence-electron chi connectivity index (χ2n) is 5.02. The Balaban J connectivity index is 1.89. The van der Waals surface area contributed by atoms with Gasteiger partial charge in [0, 0.05) is 31.2 Å². The number of nitrogens with zero attached hydrogens (tertiary/aromatic N) is 2. The normalized spacial score (nSPS) is 11.3. The number of aromatic nitrogens is 1. The van der Waals surface area contributed by atoms with E-state index in [0.717, 1.165) is 31.7 Å². The van der Waals surface area contributed by atoms with Crippen LogP contribution >= 0.6 is 0 Å². The first-order valence-corrected chi connectivity index (χ1v) is 7.02. The fourth-order valence-electron chi connectivity index (χ4n) is 2.19. The maximum Gasteiger partial charge on any atom is 0.0702 e. The zero-order valence-corrected chi connectivity index (χ0v) is 11.9. The summed E-state index contributed by atoms with van der Waals surface area (Å²) in [4.78, 5) is 6.70. The van der Waals surface area contributed by atoms with Crippen LogP contribution in [0.5, 0.6) is 0 Å². The average molecular weight is 257 g/mol. The lowest BCUT2D eigenvalue weighted by molar-refractivity contribution is 0.325. The van der Waals surface area contributed by atoms with Gasteiger partial charge in [-0.05, 0) is 43.8 Å². The highest BCUT2D eigenvalue weighted by Crippen LogP contribution is 2.14. The average Bonchev–Trinajstić information content (AvgIpc) is 2.43. The van der Waals surface area contributed by atoms with Gasteiger partial charge in [0.25, 0.3) is 0 Å². The molecule has 0 saturated carbocycles. The summed E-state index contributed by atoms with van der Waals surface area (Å²) in [5, 5.41) is 4.65. The first-order valence-electron chi connectivity index (χ1n) is 7.02. The molecule has 1 aromatic heterocycles. The van der Waals surface area contributed by atoms with Crippen LogP contribution in [0, 0.1) is 0 Å². The highest BCUT2D eigenvalue weighted by Gasteiger charge is 2.01. The van der Waals surface area contributed by atoms with Gasteiger partial charge in [0.05, 0.1) is 5.52 Å². The Hall–Kier alpha value is -1.45. The lowest BCUT2D eigenvalue weighted by Crippen LogP contribution is -2.29. The van der Waals surface area contributed by atoms with Crippen LogP contribution in [0.2, 0.25) is 0 Å². The third-order valence-electron chi connectivity index (χ3n) is 3.22. The van der Waals surface area contributed by atoms with Gasteiger partial charge < -0.3 is 10.2 Å². The molecule has 0 atom stereocenters. The quantitative estimate of drug-likeness (QED) is 0.773. The third-order valence-corrected chi connectivity index (χ3v) is 3.22. The summed E-state index contributed by atoms with van der Waals surface area (Å²) in [6.07, 6.45) is 3.04. The lowest BCUT2D eigenvalue weighted by Gasteiger charge is -2.17. The number of hydrogen-bond donors (Lipinski definition) is 1. The minimum Gasteiger partial charge on any atom is -0.315 e. The summed E-state index contributed by atoms with van der Waals surface area (Å²) in [6.45, 7) is 6.42. The number of hydrogen-bond acceptors (Lipinski definition) is 3. The Morgan fingerprint density at radius 1 is 1.21 bits per heavy atom. The Morgan fingerprint density at radius 3 is 2.95 bits per heavy atom. The highest BCUT2D eigenvalue weighted by molar-refractivity contribution is 5.78. The molecule has 0 unspecified atom stereocenters. The van der Waals surface area contributed by atoms with Crippen LogP contribution < -0.4 is 5.32 Å². The van der Waals surface area contributed by atoms with E-state index in [4.69, 9.17) is 0 Å². The molecule has 0 bridgehead atoms. The van der Waals surface area contributed by atoms with Crippen LogP contribution in [-0.4, -0.2) is 36.6 Å². The van der Waals surface area contributed by atoms with Crippen LogP contribution in [0.3, 0.4) is 0 Å². The van der Waals surface area contributed by atoms with Crippen LogP contribution in [0.4, 0.5) is 0 Å². The number of likely N-dealkylation sites (N-methyl/N-ethyl adjacent to an activating group) is 1. The number of rotatable bonds is 7. The summed E-state index contributed by atoms with van der Waals surface area (Å²) >= 11 is 0. The van der Waals surface area contributed by atoms with Crippen molar-refractivity contribution in [3.63, 3.8) is 0 Å². The van der Waals surface area contributed by atoms with E-state index in [-0.39, 0.29) is 0 Å². The van der Waals surface area contributed by atoms with E-state index in [1.165, 1.54) is 17.4 Å². The molecule has 1 N–H and O–H groups in total. The van der Waals surface area contributed by atoms with Crippen LogP contribution in [0.25, 0.3) is 10.9 Å². The van der Waals surface area contributed by atoms with Crippen molar-refractivity contribution in [3.8, 4) is 0 Å². The SMILES string of the molecule is CCCNCCN(C)Cc1ccc2ncccc2c1. The Labute approximate surface area is 115 Å². The molecule has 0 radical (unpaired) electrons. The number of benzene rings is 1. The number of nitrogens with one attached hydrogen (secondary N) is 1. The molecule has 0 spiro atoms. The largest absolute Gasteiger partial charge is 0.315 e. The van der Waals surface area contributed by atoms with Gasteiger partial charge in [0.15, 0.2) is 0 Å². The highest BCUT2D eigenvalue weighted by atomic mass is 15.1. The van der Waals surface area contributed by atoms with Gasteiger partial charge in [-0.25, -0.2) is 0 Å². The molecule has 0 fully saturated rings. The maximum absolute atomic E-state index is 4.35. The second-order valence-corrected chi connectivity index (χ2v) is 5.02. The van der Waals surface area contributed by atoms with Crippen molar-refractivity contribution in [1.29, 1.82) is 0 Å². The zero-order valence-electron chi connectivity index (χ0n) is 11.9. The van der Waals surface area contributed by atoms with E-state index in [1.54, 1.807) is 0 Å². The minimum absolute atomic E-state index is 0.985. The molecule has 19 heavy (non-hydrogen) atoms. The van der Waals surface area contributed by atoms with E-state index < -0.39 is 0 Å². The first-order chi connectivity index (χ1) is 9.29. The van der Waals surface area contributed by atoms with Gasteiger partial charge in [0.2, 0.25) is 0 Å². The summed E-state index contributed by atoms with van der Waals surface area (Å²) in [6, 6.07) is 10.6. The molecular formula is C16H23N3. The van der Waals surface area contributed by atoms with Gasteiger partial charge >= 0.3 is 0 Å². The van der Waals surface area contributed by atoms with E-state index in [2.05, 4.69) is 53.4 Å². The van der Waals surface area contributed by atoms with Crippen molar-refractivity contribution in [3.05, 3.63) is 42.1 Å². The first kappa shape index (κ1) is 14.0. The third kappa shape index (κ3) is 4.30. The zero-order chi connectivity index (χ0) is 13.5. The second kappa shape index (κ2) is 7.22. The van der Waals surface area contributed by atoms with Crippen LogP contribution in [-0.2, 0) is 6.54 Å². The van der Waals surface area contributed by atoms with Crippen molar-refractivity contribution in [2.45, 2.75) is 19.9 Å². The van der Waals surface area contributed by atoms with Gasteiger partial charge in [-0.2, -0.15) is 0 Å². The molecule has 3 nitrogen and oxygen atoms in total. The number of pyridine rings is 1. The van der Waals surface area contributed by atoms with Crippen molar-refractivity contribution in [2.75, 3.05) is 26.7 Å². The summed E-state index contributed by atoms with van der Waals surface area (Å²) in [5.74, 6) is 0.